The number of benzene rings is 2. The van der Waals surface area contributed by atoms with E-state index in [9.17, 15) is 13.2 Å². The molecule has 0 bridgehead atoms. The first kappa shape index (κ1) is 22.2. The molecule has 8 heteroatoms. The number of hydrogen-bond acceptors (Lipinski definition) is 5. The molecule has 2 heterocycles. The topological polar surface area (TPSA) is 79.8 Å². The number of hydrogen-bond donors (Lipinski definition) is 0. The summed E-state index contributed by atoms with van der Waals surface area (Å²) in [6.45, 7) is 5.03. The van der Waals surface area contributed by atoms with E-state index in [1.807, 2.05) is 50.2 Å². The molecule has 168 valence electrons. The van der Waals surface area contributed by atoms with Crippen molar-refractivity contribution in [3.63, 3.8) is 0 Å². The summed E-state index contributed by atoms with van der Waals surface area (Å²) in [6.07, 6.45) is 2.50. The van der Waals surface area contributed by atoms with Gasteiger partial charge in [-0.15, -0.1) is 0 Å². The van der Waals surface area contributed by atoms with Crippen LogP contribution >= 0.6 is 0 Å². The van der Waals surface area contributed by atoms with Crippen LogP contribution in [0.25, 0.3) is 10.9 Å². The Morgan fingerprint density at radius 3 is 2.56 bits per heavy atom. The van der Waals surface area contributed by atoms with Gasteiger partial charge in [-0.1, -0.05) is 37.3 Å². The zero-order valence-corrected chi connectivity index (χ0v) is 19.1. The van der Waals surface area contributed by atoms with Crippen LogP contribution in [0.4, 0.5) is 0 Å². The van der Waals surface area contributed by atoms with Gasteiger partial charge in [-0.05, 0) is 42.7 Å². The lowest BCUT2D eigenvalue weighted by molar-refractivity contribution is -0.134. The number of carbonyl (C=O) groups is 1. The predicted molar refractivity (Wildman–Crippen MR) is 123 cm³/mol. The van der Waals surface area contributed by atoms with Gasteiger partial charge in [0.1, 0.15) is 10.6 Å². The third kappa shape index (κ3) is 4.47. The average molecular weight is 454 g/mol. The van der Waals surface area contributed by atoms with Gasteiger partial charge in [-0.3, -0.25) is 9.78 Å². The smallest absolute Gasteiger partial charge is 0.260 e. The zero-order chi connectivity index (χ0) is 22.7. The van der Waals surface area contributed by atoms with Crippen molar-refractivity contribution in [3.8, 4) is 5.75 Å². The molecule has 1 aromatic heterocycles. The fourth-order valence-corrected chi connectivity index (χ4v) is 5.52. The molecule has 0 spiro atoms. The van der Waals surface area contributed by atoms with Gasteiger partial charge in [-0.25, -0.2) is 8.42 Å². The van der Waals surface area contributed by atoms with Crippen LogP contribution in [0.2, 0.25) is 0 Å². The summed E-state index contributed by atoms with van der Waals surface area (Å²) >= 11 is 0. The molecule has 0 unspecified atom stereocenters. The number of ether oxygens (including phenoxy) is 1. The van der Waals surface area contributed by atoms with E-state index in [4.69, 9.17) is 4.74 Å². The van der Waals surface area contributed by atoms with Crippen LogP contribution in [0, 0.1) is 6.92 Å². The van der Waals surface area contributed by atoms with Crippen LogP contribution in [-0.4, -0.2) is 61.3 Å². The Balaban J connectivity index is 1.41. The van der Waals surface area contributed by atoms with Gasteiger partial charge in [0, 0.05) is 37.8 Å². The Morgan fingerprint density at radius 1 is 1.06 bits per heavy atom. The van der Waals surface area contributed by atoms with Gasteiger partial charge < -0.3 is 9.64 Å². The minimum atomic E-state index is -3.71. The van der Waals surface area contributed by atoms with Crippen LogP contribution in [-0.2, 0) is 21.2 Å². The van der Waals surface area contributed by atoms with Crippen LogP contribution in [0.15, 0.2) is 59.6 Å². The van der Waals surface area contributed by atoms with E-state index in [1.165, 1.54) is 4.31 Å². The van der Waals surface area contributed by atoms with Crippen molar-refractivity contribution in [2.24, 2.45) is 0 Å². The van der Waals surface area contributed by atoms with Crippen molar-refractivity contribution < 1.29 is 17.9 Å². The molecule has 0 aliphatic carbocycles. The Morgan fingerprint density at radius 2 is 1.81 bits per heavy atom. The van der Waals surface area contributed by atoms with Gasteiger partial charge in [0.25, 0.3) is 5.91 Å². The Kier molecular flexibility index (Phi) is 6.43. The molecule has 0 saturated carbocycles. The lowest BCUT2D eigenvalue weighted by Crippen LogP contribution is -2.51. The van der Waals surface area contributed by atoms with Gasteiger partial charge in [-0.2, -0.15) is 4.31 Å². The first-order chi connectivity index (χ1) is 15.4. The number of para-hydroxylation sites is 2. The lowest BCUT2D eigenvalue weighted by atomic mass is 10.1. The molecule has 1 amide bonds. The van der Waals surface area contributed by atoms with Gasteiger partial charge >= 0.3 is 0 Å². The number of fused-ring (bicyclic) bond motifs is 1. The number of piperazine rings is 1. The maximum absolute atomic E-state index is 13.3. The van der Waals surface area contributed by atoms with Gasteiger partial charge in [0.15, 0.2) is 6.61 Å². The third-order valence-corrected chi connectivity index (χ3v) is 7.65. The maximum Gasteiger partial charge on any atom is 0.260 e. The lowest BCUT2D eigenvalue weighted by Gasteiger charge is -2.34. The van der Waals surface area contributed by atoms with Crippen molar-refractivity contribution in [1.82, 2.24) is 14.2 Å². The van der Waals surface area contributed by atoms with Crippen LogP contribution < -0.4 is 4.74 Å². The minimum absolute atomic E-state index is 0.0592. The standard InChI is InChI=1S/C24H27N3O4S/c1-3-19-7-4-5-9-21(19)31-17-23(28)26-11-13-27(14-12-26)32(29,30)22-10-6-8-20-15-18(2)16-25-24(20)22/h4-10,15-16H,3,11-14,17H2,1-2H3. The van der Waals surface area contributed by atoms with Gasteiger partial charge in [0.05, 0.1) is 5.52 Å². The zero-order valence-electron chi connectivity index (χ0n) is 18.3. The number of carbonyl (C=O) groups excluding carboxylic acids is 1. The molecule has 7 nitrogen and oxygen atoms in total. The fourth-order valence-electron chi connectivity index (χ4n) is 3.94. The van der Waals surface area contributed by atoms with E-state index in [0.717, 1.165) is 22.9 Å². The van der Waals surface area contributed by atoms with E-state index in [1.54, 1.807) is 23.2 Å². The first-order valence-corrected chi connectivity index (χ1v) is 12.2. The van der Waals surface area contributed by atoms with Gasteiger partial charge in [0.2, 0.25) is 10.0 Å². The second kappa shape index (κ2) is 9.26. The van der Waals surface area contributed by atoms with Crippen LogP contribution in [0.3, 0.4) is 0 Å². The van der Waals surface area contributed by atoms with Crippen LogP contribution in [0.1, 0.15) is 18.1 Å². The van der Waals surface area contributed by atoms with Crippen molar-refractivity contribution in [2.75, 3.05) is 32.8 Å². The van der Waals surface area contributed by atoms with Crippen molar-refractivity contribution >= 4 is 26.8 Å². The predicted octanol–water partition coefficient (Wildman–Crippen LogP) is 3.02. The highest BCUT2D eigenvalue weighted by molar-refractivity contribution is 7.89. The highest BCUT2D eigenvalue weighted by Crippen LogP contribution is 2.25. The second-order valence-corrected chi connectivity index (χ2v) is 9.78. The average Bonchev–Trinajstić information content (AvgIpc) is 2.82. The van der Waals surface area contributed by atoms with E-state index in [0.29, 0.717) is 24.4 Å². The van der Waals surface area contributed by atoms with E-state index < -0.39 is 10.0 Å². The molecule has 0 N–H and O–H groups in total. The van der Waals surface area contributed by atoms with E-state index in [-0.39, 0.29) is 30.5 Å². The molecule has 0 atom stereocenters. The number of aromatic nitrogens is 1. The maximum atomic E-state index is 13.3. The van der Waals surface area contributed by atoms with E-state index in [2.05, 4.69) is 4.98 Å². The van der Waals surface area contributed by atoms with Crippen molar-refractivity contribution in [1.29, 1.82) is 0 Å². The molecular weight excluding hydrogens is 426 g/mol. The van der Waals surface area contributed by atoms with Crippen LogP contribution in [0.5, 0.6) is 5.75 Å². The summed E-state index contributed by atoms with van der Waals surface area (Å²) in [5.41, 5.74) is 2.50. The summed E-state index contributed by atoms with van der Waals surface area (Å²) in [6, 6.07) is 14.8. The second-order valence-electron chi connectivity index (χ2n) is 7.88. The molecule has 1 fully saturated rings. The van der Waals surface area contributed by atoms with Crippen molar-refractivity contribution in [3.05, 3.63) is 65.9 Å². The monoisotopic (exact) mass is 453 g/mol. The molecule has 32 heavy (non-hydrogen) atoms. The highest BCUT2D eigenvalue weighted by Gasteiger charge is 2.31. The summed E-state index contributed by atoms with van der Waals surface area (Å²) in [4.78, 5) is 18.9. The number of amides is 1. The fraction of sp³-hybridized carbons (Fsp3) is 0.333. The molecule has 0 radical (unpaired) electrons. The summed E-state index contributed by atoms with van der Waals surface area (Å²) < 4.78 is 33.8. The Labute approximate surface area is 188 Å². The number of aryl methyl sites for hydroxylation is 2. The molecular formula is C24H27N3O4S. The molecule has 2 aromatic carbocycles. The largest absolute Gasteiger partial charge is 0.483 e. The quantitative estimate of drug-likeness (QED) is 0.573. The minimum Gasteiger partial charge on any atom is -0.483 e. The third-order valence-electron chi connectivity index (χ3n) is 5.72. The molecule has 1 aliphatic rings. The summed E-state index contributed by atoms with van der Waals surface area (Å²) in [5.74, 6) is 0.568. The molecule has 1 saturated heterocycles. The molecule has 4 rings (SSSR count). The molecule has 3 aromatic rings. The van der Waals surface area contributed by atoms with Crippen molar-refractivity contribution in [2.45, 2.75) is 25.2 Å². The summed E-state index contributed by atoms with van der Waals surface area (Å²) in [7, 11) is -3.71. The number of nitrogens with zero attached hydrogens (tertiary/aromatic N) is 3. The number of rotatable bonds is 6. The number of pyridine rings is 1. The normalized spacial score (nSPS) is 15.1. The first-order valence-electron chi connectivity index (χ1n) is 10.7. The Hall–Kier alpha value is -2.97. The molecule has 1 aliphatic heterocycles. The summed E-state index contributed by atoms with van der Waals surface area (Å²) in [5, 5.41) is 0.796. The highest BCUT2D eigenvalue weighted by atomic mass is 32.2. The number of sulfonamides is 1. The SMILES string of the molecule is CCc1ccccc1OCC(=O)N1CCN(S(=O)(=O)c2cccc3cc(C)cnc23)CC1. The van der Waals surface area contributed by atoms with E-state index >= 15 is 0 Å². The Bertz CT molecular complexity index is 1230.